The largest absolute Gasteiger partial charge is 0.504 e. The van der Waals surface area contributed by atoms with Crippen LogP contribution >= 0.6 is 0 Å². The molecule has 4 rings (SSSR count). The molecule has 150 valence electrons. The molecule has 2 heterocycles. The topological polar surface area (TPSA) is 91.6 Å². The Bertz CT molecular complexity index is 1290. The van der Waals surface area contributed by atoms with Crippen LogP contribution in [0.5, 0.6) is 0 Å². The number of sulfonamides is 1. The van der Waals surface area contributed by atoms with Crippen LogP contribution in [-0.4, -0.2) is 35.4 Å². The summed E-state index contributed by atoms with van der Waals surface area (Å²) in [5.41, 5.74) is 2.00. The maximum Gasteiger partial charge on any atom is 0.276 e. The molecule has 0 spiro atoms. The van der Waals surface area contributed by atoms with E-state index in [9.17, 15) is 18.3 Å². The van der Waals surface area contributed by atoms with Gasteiger partial charge in [-0.25, -0.2) is 8.42 Å². The Kier molecular flexibility index (Phi) is 4.38. The molecule has 0 aliphatic carbocycles. The number of carbonyl (C=O) groups excluding carboxylic acids is 1. The molecule has 0 saturated heterocycles. The van der Waals surface area contributed by atoms with E-state index in [1.807, 2.05) is 25.1 Å². The first-order chi connectivity index (χ1) is 13.8. The number of aromatic nitrogens is 1. The normalized spacial score (nSPS) is 15.5. The van der Waals surface area contributed by atoms with Gasteiger partial charge in [0, 0.05) is 30.7 Å². The van der Waals surface area contributed by atoms with Crippen molar-refractivity contribution in [2.24, 2.45) is 7.05 Å². The molecule has 1 aliphatic heterocycles. The van der Waals surface area contributed by atoms with Crippen molar-refractivity contribution in [2.45, 2.75) is 18.2 Å². The van der Waals surface area contributed by atoms with Gasteiger partial charge in [-0.15, -0.1) is 0 Å². The van der Waals surface area contributed by atoms with E-state index in [4.69, 9.17) is 0 Å². The Morgan fingerprint density at radius 2 is 1.83 bits per heavy atom. The van der Waals surface area contributed by atoms with E-state index in [1.165, 1.54) is 7.05 Å². The minimum atomic E-state index is -4.02. The second-order valence-corrected chi connectivity index (χ2v) is 8.84. The van der Waals surface area contributed by atoms with Crippen LogP contribution in [0.25, 0.3) is 16.7 Å². The monoisotopic (exact) mass is 411 g/mol. The van der Waals surface area contributed by atoms with E-state index in [1.54, 1.807) is 41.9 Å². The minimum absolute atomic E-state index is 0.000121. The maximum atomic E-state index is 13.2. The smallest absolute Gasteiger partial charge is 0.276 e. The first kappa shape index (κ1) is 19.1. The lowest BCUT2D eigenvalue weighted by atomic mass is 10.1. The molecular weight excluding hydrogens is 390 g/mol. The first-order valence-corrected chi connectivity index (χ1v) is 10.6. The first-order valence-electron chi connectivity index (χ1n) is 9.17. The Morgan fingerprint density at radius 3 is 2.55 bits per heavy atom. The predicted molar refractivity (Wildman–Crippen MR) is 112 cm³/mol. The number of carbonyl (C=O) groups is 1. The van der Waals surface area contributed by atoms with Crippen molar-refractivity contribution in [1.29, 1.82) is 0 Å². The molecule has 0 bridgehead atoms. The van der Waals surface area contributed by atoms with Gasteiger partial charge in [-0.1, -0.05) is 37.3 Å². The van der Waals surface area contributed by atoms with Crippen LogP contribution in [0.2, 0.25) is 0 Å². The molecular formula is C21H21N3O4S. The number of likely N-dealkylation sites (N-methyl/N-ethyl adjacent to an activating group) is 1. The highest BCUT2D eigenvalue weighted by Crippen LogP contribution is 2.40. The quantitative estimate of drug-likeness (QED) is 0.692. The van der Waals surface area contributed by atoms with E-state index in [0.29, 0.717) is 16.6 Å². The zero-order valence-corrected chi connectivity index (χ0v) is 17.1. The number of amides is 1. The number of rotatable bonds is 3. The second-order valence-electron chi connectivity index (χ2n) is 6.93. The molecule has 0 unspecified atom stereocenters. The third kappa shape index (κ3) is 2.79. The average Bonchev–Trinajstić information content (AvgIpc) is 3.01. The molecule has 0 fully saturated rings. The number of hydrogen-bond donors (Lipinski definition) is 2. The molecule has 3 aromatic rings. The summed E-state index contributed by atoms with van der Waals surface area (Å²) in [6.07, 6.45) is 0.797. The Labute approximate surface area is 168 Å². The molecule has 7 nitrogen and oxygen atoms in total. The number of nitrogens with zero attached hydrogens (tertiary/aromatic N) is 2. The number of aryl methyl sites for hydroxylation is 2. The van der Waals surface area contributed by atoms with Crippen molar-refractivity contribution in [2.75, 3.05) is 12.4 Å². The third-order valence-corrected chi connectivity index (χ3v) is 7.08. The van der Waals surface area contributed by atoms with Gasteiger partial charge >= 0.3 is 0 Å². The molecule has 8 heteroatoms. The summed E-state index contributed by atoms with van der Waals surface area (Å²) >= 11 is 0. The van der Waals surface area contributed by atoms with Gasteiger partial charge in [-0.3, -0.25) is 9.10 Å². The number of nitrogens with one attached hydrogen (secondary N) is 1. The van der Waals surface area contributed by atoms with Gasteiger partial charge in [0.2, 0.25) is 0 Å². The molecule has 29 heavy (non-hydrogen) atoms. The average molecular weight is 411 g/mol. The Balaban J connectivity index is 1.89. The number of para-hydroxylation sites is 1. The Morgan fingerprint density at radius 1 is 1.10 bits per heavy atom. The summed E-state index contributed by atoms with van der Waals surface area (Å²) in [5.74, 6) is -1.07. The number of anilines is 1. The van der Waals surface area contributed by atoms with Crippen molar-refractivity contribution in [3.8, 4) is 0 Å². The van der Waals surface area contributed by atoms with Crippen LogP contribution in [-0.2, 0) is 28.3 Å². The molecule has 2 N–H and O–H groups in total. The summed E-state index contributed by atoms with van der Waals surface area (Å²) < 4.78 is 28.9. The zero-order chi connectivity index (χ0) is 20.9. The number of fused-ring (bicyclic) bond motifs is 3. The summed E-state index contributed by atoms with van der Waals surface area (Å²) in [7, 11) is -1.09. The summed E-state index contributed by atoms with van der Waals surface area (Å²) in [6, 6.07) is 14.3. The summed E-state index contributed by atoms with van der Waals surface area (Å²) in [4.78, 5) is 13.0. The van der Waals surface area contributed by atoms with Gasteiger partial charge in [-0.2, -0.15) is 0 Å². The lowest BCUT2D eigenvalue weighted by Gasteiger charge is -2.27. The fourth-order valence-electron chi connectivity index (χ4n) is 3.71. The third-order valence-electron chi connectivity index (χ3n) is 5.25. The molecule has 2 aromatic carbocycles. The molecule has 1 amide bonds. The highest BCUT2D eigenvalue weighted by Gasteiger charge is 2.41. The van der Waals surface area contributed by atoms with Gasteiger partial charge in [0.05, 0.1) is 0 Å². The van der Waals surface area contributed by atoms with E-state index >= 15 is 0 Å². The highest BCUT2D eigenvalue weighted by molar-refractivity contribution is 7.89. The lowest BCUT2D eigenvalue weighted by molar-refractivity contribution is -0.113. The molecule has 0 saturated carbocycles. The molecule has 1 aliphatic rings. The number of hydrogen-bond acceptors (Lipinski definition) is 4. The van der Waals surface area contributed by atoms with Gasteiger partial charge in [0.25, 0.3) is 15.9 Å². The molecule has 0 atom stereocenters. The van der Waals surface area contributed by atoms with E-state index < -0.39 is 15.9 Å². The fourth-order valence-corrected chi connectivity index (χ4v) is 5.33. The van der Waals surface area contributed by atoms with Crippen LogP contribution in [0.1, 0.15) is 18.2 Å². The van der Waals surface area contributed by atoms with Gasteiger partial charge in [0.1, 0.15) is 10.6 Å². The summed E-state index contributed by atoms with van der Waals surface area (Å²) in [5, 5.41) is 14.1. The fraction of sp³-hybridized carbons (Fsp3) is 0.190. The maximum absolute atomic E-state index is 13.2. The van der Waals surface area contributed by atoms with Crippen LogP contribution in [0.15, 0.2) is 59.1 Å². The number of aliphatic hydroxyl groups is 1. The van der Waals surface area contributed by atoms with E-state index in [0.717, 1.165) is 16.3 Å². The van der Waals surface area contributed by atoms with Crippen LogP contribution in [0, 0.1) is 0 Å². The van der Waals surface area contributed by atoms with Crippen LogP contribution in [0.3, 0.4) is 0 Å². The minimum Gasteiger partial charge on any atom is -0.504 e. The van der Waals surface area contributed by atoms with Crippen molar-refractivity contribution >= 4 is 38.3 Å². The molecule has 1 aromatic heterocycles. The number of benzene rings is 2. The van der Waals surface area contributed by atoms with Gasteiger partial charge < -0.3 is 15.0 Å². The van der Waals surface area contributed by atoms with E-state index in [2.05, 4.69) is 5.32 Å². The predicted octanol–water partition coefficient (Wildman–Crippen LogP) is 3.24. The van der Waals surface area contributed by atoms with Crippen molar-refractivity contribution < 1.29 is 18.3 Å². The standard InChI is InChI=1S/C21H21N3O4S/c1-4-13-8-7-9-14(12-13)22-21(26)18-19(25)17-20(29(27,28)24(18)3)15-10-5-6-11-16(15)23(17)2/h5-12,25H,4H2,1-3H3,(H,22,26). The Hall–Kier alpha value is -3.26. The van der Waals surface area contributed by atoms with Crippen molar-refractivity contribution in [1.82, 2.24) is 8.87 Å². The van der Waals surface area contributed by atoms with Crippen molar-refractivity contribution in [3.05, 3.63) is 65.5 Å². The number of aliphatic hydroxyl groups excluding tert-OH is 1. The van der Waals surface area contributed by atoms with Crippen LogP contribution < -0.4 is 5.32 Å². The zero-order valence-electron chi connectivity index (χ0n) is 16.3. The van der Waals surface area contributed by atoms with Gasteiger partial charge in [0.15, 0.2) is 11.5 Å². The second kappa shape index (κ2) is 6.66. The van der Waals surface area contributed by atoms with Gasteiger partial charge in [-0.05, 0) is 30.2 Å². The lowest BCUT2D eigenvalue weighted by Crippen LogP contribution is -2.37. The SMILES string of the molecule is CCc1cccc(NC(=O)C2=C(O)c3c(c4ccccc4n3C)S(=O)(=O)N2C)c1. The van der Waals surface area contributed by atoms with Crippen LogP contribution in [0.4, 0.5) is 5.69 Å². The highest BCUT2D eigenvalue weighted by atomic mass is 32.2. The molecule has 0 radical (unpaired) electrons. The summed E-state index contributed by atoms with van der Waals surface area (Å²) in [6.45, 7) is 2.00. The van der Waals surface area contributed by atoms with Crippen molar-refractivity contribution in [3.63, 3.8) is 0 Å². The van der Waals surface area contributed by atoms with E-state index in [-0.39, 0.29) is 22.0 Å².